The maximum absolute atomic E-state index is 15.2. The van der Waals surface area contributed by atoms with Gasteiger partial charge in [0.25, 0.3) is 0 Å². The number of nitrogens with zero attached hydrogens (tertiary/aromatic N) is 5. The molecule has 0 saturated carbocycles. The normalized spacial score (nSPS) is 14.2. The van der Waals surface area contributed by atoms with Crippen molar-refractivity contribution in [2.24, 2.45) is 0 Å². The van der Waals surface area contributed by atoms with Gasteiger partial charge in [-0.15, -0.1) is 0 Å². The number of fused-ring (bicyclic) bond motifs is 1. The van der Waals surface area contributed by atoms with Crippen molar-refractivity contribution in [2.45, 2.75) is 24.9 Å². The Balaban J connectivity index is 1.38. The number of benzene rings is 2. The van der Waals surface area contributed by atoms with Crippen LogP contribution in [-0.2, 0) is 6.18 Å². The van der Waals surface area contributed by atoms with E-state index in [1.807, 2.05) is 11.4 Å². The van der Waals surface area contributed by atoms with Crippen LogP contribution >= 0.6 is 0 Å². The number of nitrogens with two attached hydrogens (primary N) is 1. The highest BCUT2D eigenvalue weighted by Gasteiger charge is 2.32. The minimum Gasteiger partial charge on any atom is -0.382 e. The number of amides is 4. The Morgan fingerprint density at radius 3 is 2.33 bits per heavy atom. The van der Waals surface area contributed by atoms with E-state index >= 15 is 4.39 Å². The van der Waals surface area contributed by atoms with Crippen molar-refractivity contribution >= 4 is 34.8 Å². The van der Waals surface area contributed by atoms with Gasteiger partial charge in [0.1, 0.15) is 23.5 Å². The van der Waals surface area contributed by atoms with E-state index in [4.69, 9.17) is 5.73 Å². The van der Waals surface area contributed by atoms with Gasteiger partial charge in [-0.1, -0.05) is 6.07 Å². The van der Waals surface area contributed by atoms with Crippen molar-refractivity contribution in [1.82, 2.24) is 24.4 Å². The number of aromatic nitrogens is 3. The molecular formula is C28H27F5N8O2. The van der Waals surface area contributed by atoms with Gasteiger partial charge in [-0.05, 0) is 54.8 Å². The van der Waals surface area contributed by atoms with E-state index in [0.717, 1.165) is 11.8 Å². The molecular weight excluding hydrogens is 575 g/mol. The zero-order chi connectivity index (χ0) is 31.1. The van der Waals surface area contributed by atoms with Gasteiger partial charge in [0.15, 0.2) is 5.82 Å². The van der Waals surface area contributed by atoms with Crippen LogP contribution in [0.4, 0.5) is 48.7 Å². The molecule has 1 aliphatic rings. The second-order valence-electron chi connectivity index (χ2n) is 10.3. The lowest BCUT2D eigenvalue weighted by Crippen LogP contribution is -2.43. The van der Waals surface area contributed by atoms with Crippen LogP contribution in [0, 0.1) is 11.6 Å². The number of nitrogen functional groups attached to an aromatic ring is 1. The maximum Gasteiger partial charge on any atom is 0.416 e. The van der Waals surface area contributed by atoms with Gasteiger partial charge >= 0.3 is 18.2 Å². The molecule has 0 bridgehead atoms. The highest BCUT2D eigenvalue weighted by molar-refractivity contribution is 6.00. The number of urea groups is 2. The van der Waals surface area contributed by atoms with Crippen LogP contribution in [0.3, 0.4) is 0 Å². The number of alkyl halides is 3. The summed E-state index contributed by atoms with van der Waals surface area (Å²) in [6, 6.07) is 6.15. The van der Waals surface area contributed by atoms with Gasteiger partial charge in [0.05, 0.1) is 16.9 Å². The monoisotopic (exact) mass is 602 g/mol. The van der Waals surface area contributed by atoms with E-state index in [1.165, 1.54) is 23.4 Å². The van der Waals surface area contributed by atoms with Gasteiger partial charge < -0.3 is 26.2 Å². The van der Waals surface area contributed by atoms with E-state index in [9.17, 15) is 27.2 Å². The van der Waals surface area contributed by atoms with Crippen molar-refractivity contribution in [3.05, 3.63) is 71.7 Å². The highest BCUT2D eigenvalue weighted by atomic mass is 19.4. The predicted molar refractivity (Wildman–Crippen MR) is 149 cm³/mol. The minimum atomic E-state index is -4.75. The number of halogens is 5. The first kappa shape index (κ1) is 29.5. The van der Waals surface area contributed by atoms with Crippen molar-refractivity contribution in [3.63, 3.8) is 0 Å². The first-order valence-corrected chi connectivity index (χ1v) is 13.2. The number of nitrogens with one attached hydrogen (secondary N) is 2. The first-order valence-electron chi connectivity index (χ1n) is 13.2. The zero-order valence-corrected chi connectivity index (χ0v) is 23.0. The molecule has 2 aromatic heterocycles. The largest absolute Gasteiger partial charge is 0.416 e. The summed E-state index contributed by atoms with van der Waals surface area (Å²) in [6.07, 6.45) is -2.08. The standard InChI is InChI=1S/C28H27F5N8O2/c1-39(2)27(43)40-9-7-15(8-10-40)23-13-18(24-25(34)35-14-36-41(23)24)16-3-6-21(20(30)11-16)37-26(42)38-22-12-17(28(31,32)33)4-5-19(22)29/h3-6,11-15H,7-10H2,1-2H3,(H2,34,35,36)(H2,37,38,42). The summed E-state index contributed by atoms with van der Waals surface area (Å²) < 4.78 is 69.8. The molecule has 4 N–H and O–H groups in total. The van der Waals surface area contributed by atoms with Crippen molar-refractivity contribution < 1.29 is 31.5 Å². The molecule has 1 saturated heterocycles. The molecule has 15 heteroatoms. The number of rotatable bonds is 4. The third-order valence-corrected chi connectivity index (χ3v) is 7.25. The molecule has 226 valence electrons. The smallest absolute Gasteiger partial charge is 0.382 e. The second kappa shape index (κ2) is 11.4. The molecule has 0 spiro atoms. The van der Waals surface area contributed by atoms with Gasteiger partial charge in [-0.2, -0.15) is 18.3 Å². The Morgan fingerprint density at radius 2 is 1.67 bits per heavy atom. The van der Waals surface area contributed by atoms with Crippen LogP contribution in [0.5, 0.6) is 0 Å². The van der Waals surface area contributed by atoms with Crippen LogP contribution in [0.15, 0.2) is 48.8 Å². The van der Waals surface area contributed by atoms with Gasteiger partial charge in [0.2, 0.25) is 0 Å². The molecule has 0 unspecified atom stereocenters. The van der Waals surface area contributed by atoms with E-state index < -0.39 is 35.1 Å². The average molecular weight is 603 g/mol. The maximum atomic E-state index is 15.2. The summed E-state index contributed by atoms with van der Waals surface area (Å²) in [5.41, 5.74) is 6.26. The minimum absolute atomic E-state index is 0.0347. The number of carbonyl (C=O) groups is 2. The summed E-state index contributed by atoms with van der Waals surface area (Å²) in [7, 11) is 3.40. The fourth-order valence-corrected chi connectivity index (χ4v) is 5.11. The van der Waals surface area contributed by atoms with Gasteiger partial charge in [0, 0.05) is 44.4 Å². The summed E-state index contributed by atoms with van der Waals surface area (Å²) in [5.74, 6) is -1.75. The Labute approximate surface area is 242 Å². The lowest BCUT2D eigenvalue weighted by Gasteiger charge is -2.33. The van der Waals surface area contributed by atoms with Crippen molar-refractivity contribution in [2.75, 3.05) is 43.6 Å². The topological polar surface area (TPSA) is 121 Å². The zero-order valence-electron chi connectivity index (χ0n) is 23.0. The fourth-order valence-electron chi connectivity index (χ4n) is 5.11. The SMILES string of the molecule is CN(C)C(=O)N1CCC(c2cc(-c3ccc(NC(=O)Nc4cc(C(F)(F)F)ccc4F)c(F)c3)c3c(N)ncnn23)CC1. The number of piperidine rings is 1. The molecule has 2 aromatic carbocycles. The molecule has 1 aliphatic heterocycles. The van der Waals surface area contributed by atoms with E-state index in [0.29, 0.717) is 60.8 Å². The number of hydrogen-bond donors (Lipinski definition) is 3. The Bertz CT molecular complexity index is 1700. The van der Waals surface area contributed by atoms with Gasteiger partial charge in [-0.25, -0.2) is 27.9 Å². The van der Waals surface area contributed by atoms with Crippen LogP contribution < -0.4 is 16.4 Å². The molecule has 43 heavy (non-hydrogen) atoms. The average Bonchev–Trinajstić information content (AvgIpc) is 3.35. The summed E-state index contributed by atoms with van der Waals surface area (Å²) in [5, 5.41) is 8.53. The molecule has 0 radical (unpaired) electrons. The number of carbonyl (C=O) groups excluding carboxylic acids is 2. The molecule has 1 fully saturated rings. The summed E-state index contributed by atoms with van der Waals surface area (Å²) in [4.78, 5) is 32.1. The first-order chi connectivity index (χ1) is 20.3. The number of hydrogen-bond acceptors (Lipinski definition) is 5. The molecule has 5 rings (SSSR count). The third kappa shape index (κ3) is 6.01. The van der Waals surface area contributed by atoms with Gasteiger partial charge in [-0.3, -0.25) is 0 Å². The molecule has 4 aromatic rings. The van der Waals surface area contributed by atoms with Crippen LogP contribution in [0.25, 0.3) is 16.6 Å². The highest BCUT2D eigenvalue weighted by Crippen LogP contribution is 2.38. The lowest BCUT2D eigenvalue weighted by molar-refractivity contribution is -0.137. The van der Waals surface area contributed by atoms with E-state index in [1.54, 1.807) is 23.5 Å². The van der Waals surface area contributed by atoms with E-state index in [2.05, 4.69) is 15.4 Å². The Morgan fingerprint density at radius 1 is 0.977 bits per heavy atom. The van der Waals surface area contributed by atoms with Crippen molar-refractivity contribution in [1.29, 1.82) is 0 Å². The fraction of sp³-hybridized carbons (Fsp3) is 0.286. The quantitative estimate of drug-likeness (QED) is 0.256. The summed E-state index contributed by atoms with van der Waals surface area (Å²) >= 11 is 0. The number of anilines is 3. The molecule has 4 amide bonds. The molecule has 0 atom stereocenters. The van der Waals surface area contributed by atoms with Crippen LogP contribution in [-0.4, -0.2) is 63.6 Å². The van der Waals surface area contributed by atoms with E-state index in [-0.39, 0.29) is 23.5 Å². The molecule has 3 heterocycles. The van der Waals surface area contributed by atoms with Crippen LogP contribution in [0.1, 0.15) is 30.0 Å². The molecule has 10 nitrogen and oxygen atoms in total. The van der Waals surface area contributed by atoms with Crippen molar-refractivity contribution in [3.8, 4) is 11.1 Å². The lowest BCUT2D eigenvalue weighted by atomic mass is 9.93. The summed E-state index contributed by atoms with van der Waals surface area (Å²) in [6.45, 7) is 1.10. The van der Waals surface area contributed by atoms with Crippen LogP contribution in [0.2, 0.25) is 0 Å². The Hall–Kier alpha value is -4.95. The predicted octanol–water partition coefficient (Wildman–Crippen LogP) is 5.78. The molecule has 0 aliphatic carbocycles. The second-order valence-corrected chi connectivity index (χ2v) is 10.3. The Kier molecular flexibility index (Phi) is 7.82. The third-order valence-electron chi connectivity index (χ3n) is 7.25. The number of likely N-dealkylation sites (tertiary alicyclic amines) is 1.